The van der Waals surface area contributed by atoms with Crippen LogP contribution in [0.5, 0.6) is 0 Å². The van der Waals surface area contributed by atoms with Gasteiger partial charge in [0.2, 0.25) is 0 Å². The Morgan fingerprint density at radius 2 is 2.43 bits per heavy atom. The largest absolute Gasteiger partial charge is 0.343 e. The summed E-state index contributed by atoms with van der Waals surface area (Å²) in [7, 11) is -5.15. The molecule has 14 heavy (non-hydrogen) atoms. The van der Waals surface area contributed by atoms with Crippen molar-refractivity contribution in [2.45, 2.75) is 6.42 Å². The first-order valence-corrected chi connectivity index (χ1v) is 5.95. The van der Waals surface area contributed by atoms with E-state index in [1.807, 2.05) is 0 Å². The zero-order valence-electron chi connectivity index (χ0n) is 16.9. The molecular formula is C7H15Cl2N2O2P. The smallest absolute Gasteiger partial charge is 0.306 e. The SMILES string of the molecule is [2H]C1([2H])CC([2H])([2H])OP(=O)(N(C([2H])([2H])CCl)C([2H])([2H])C([2H])([2H])Cl)N1. The predicted molar refractivity (Wildman–Crippen MR) is 59.2 cm³/mol. The monoisotopic (exact) mass is 270 g/mol. The lowest BCUT2D eigenvalue weighted by molar-refractivity contribution is 0.233. The van der Waals surface area contributed by atoms with Gasteiger partial charge < -0.3 is 4.52 Å². The highest BCUT2D eigenvalue weighted by Crippen LogP contribution is 2.47. The molecule has 0 aliphatic carbocycles. The van der Waals surface area contributed by atoms with E-state index in [1.165, 1.54) is 0 Å². The Hall–Kier alpha value is 0.690. The summed E-state index contributed by atoms with van der Waals surface area (Å²) in [4.78, 5) is 0. The Morgan fingerprint density at radius 1 is 1.64 bits per heavy atom. The molecule has 1 saturated heterocycles. The zero-order chi connectivity index (χ0) is 19.4. The lowest BCUT2D eigenvalue weighted by Gasteiger charge is -2.33. The van der Waals surface area contributed by atoms with Crippen molar-refractivity contribution in [1.82, 2.24) is 9.76 Å². The molecular weight excluding hydrogens is 246 g/mol. The van der Waals surface area contributed by atoms with Gasteiger partial charge in [0, 0.05) is 42.2 Å². The minimum absolute atomic E-state index is 0.304. The summed E-state index contributed by atoms with van der Waals surface area (Å²) in [6, 6.07) is 0. The van der Waals surface area contributed by atoms with E-state index in [0.29, 0.717) is 0 Å². The standard InChI is InChI=1S/C7H15Cl2N2O2P/c8-2-5-11(6-3-9)14(12)10-4-1-7-13-14/h1-7H2,(H,10,12)/i2D2,4D2,5D2,6D2,7D2. The predicted octanol–water partition coefficient (Wildman–Crippen LogP) is 1.88. The lowest BCUT2D eigenvalue weighted by atomic mass is 10.5. The van der Waals surface area contributed by atoms with Crippen LogP contribution in [0.1, 0.15) is 20.1 Å². The van der Waals surface area contributed by atoms with Gasteiger partial charge in [-0.2, -0.15) is 0 Å². The van der Waals surface area contributed by atoms with Crippen LogP contribution >= 0.6 is 30.9 Å². The second-order valence-electron chi connectivity index (χ2n) is 2.03. The van der Waals surface area contributed by atoms with Crippen LogP contribution in [0.4, 0.5) is 0 Å². The zero-order valence-corrected chi connectivity index (χ0v) is 9.29. The average molecular weight is 271 g/mol. The highest BCUT2D eigenvalue weighted by molar-refractivity contribution is 7.54. The molecule has 1 heterocycles. The van der Waals surface area contributed by atoms with Gasteiger partial charge in [-0.15, -0.1) is 23.2 Å². The third-order valence-corrected chi connectivity index (χ3v) is 2.98. The molecule has 1 rings (SSSR count). The molecule has 7 heteroatoms. The number of nitrogens with zero attached hydrogens (tertiary/aromatic N) is 1. The van der Waals surface area contributed by atoms with Crippen LogP contribution < -0.4 is 5.09 Å². The van der Waals surface area contributed by atoms with Gasteiger partial charge in [-0.05, 0) is 6.42 Å². The molecule has 0 aromatic heterocycles. The summed E-state index contributed by atoms with van der Waals surface area (Å²) in [6.45, 7) is -12.1. The molecule has 1 fully saturated rings. The van der Waals surface area contributed by atoms with Crippen molar-refractivity contribution in [2.75, 3.05) is 37.8 Å². The van der Waals surface area contributed by atoms with Crippen LogP contribution in [0.3, 0.4) is 0 Å². The first-order valence-electron chi connectivity index (χ1n) is 8.46. The molecule has 1 aliphatic rings. The quantitative estimate of drug-likeness (QED) is 0.612. The van der Waals surface area contributed by atoms with Crippen LogP contribution in [0.2, 0.25) is 0 Å². The number of hydrogen-bond acceptors (Lipinski definition) is 2. The molecule has 0 radical (unpaired) electrons. The normalized spacial score (nSPS) is 49.1. The van der Waals surface area contributed by atoms with Crippen molar-refractivity contribution in [3.63, 3.8) is 0 Å². The highest BCUT2D eigenvalue weighted by Gasteiger charge is 2.32. The Morgan fingerprint density at radius 3 is 3.00 bits per heavy atom. The molecule has 1 aliphatic heterocycles. The van der Waals surface area contributed by atoms with Crippen LogP contribution in [0.25, 0.3) is 0 Å². The number of hydrogen-bond donors (Lipinski definition) is 1. The first kappa shape index (κ1) is 4.52. The van der Waals surface area contributed by atoms with E-state index in [9.17, 15) is 4.57 Å². The molecule has 4 nitrogen and oxygen atoms in total. The minimum Gasteiger partial charge on any atom is -0.306 e. The second kappa shape index (κ2) is 6.31. The van der Waals surface area contributed by atoms with E-state index >= 15 is 0 Å². The maximum absolute atomic E-state index is 13.0. The van der Waals surface area contributed by atoms with Crippen LogP contribution in [0, 0.1) is 0 Å². The Kier molecular flexibility index (Phi) is 2.04. The Balaban J connectivity index is 3.58. The van der Waals surface area contributed by atoms with Crippen LogP contribution in [-0.2, 0) is 9.09 Å². The van der Waals surface area contributed by atoms with Crippen molar-refractivity contribution in [3.8, 4) is 0 Å². The first-order chi connectivity index (χ1) is 10.3. The molecule has 0 bridgehead atoms. The van der Waals surface area contributed by atoms with E-state index in [2.05, 4.69) is 4.52 Å². The summed E-state index contributed by atoms with van der Waals surface area (Å²) in [6.07, 6.45) is -0.918. The highest BCUT2D eigenvalue weighted by atomic mass is 35.5. The van der Waals surface area contributed by atoms with Gasteiger partial charge >= 0.3 is 7.67 Å². The van der Waals surface area contributed by atoms with Crippen molar-refractivity contribution >= 4 is 30.9 Å². The number of nitrogens with one attached hydrogen (secondary N) is 1. The summed E-state index contributed by atoms with van der Waals surface area (Å²) in [5, 5.41) is 1.73. The van der Waals surface area contributed by atoms with Crippen molar-refractivity contribution < 1.29 is 22.8 Å². The van der Waals surface area contributed by atoms with Gasteiger partial charge in [0.05, 0.1) is 9.30 Å². The van der Waals surface area contributed by atoms with Crippen molar-refractivity contribution in [2.24, 2.45) is 0 Å². The van der Waals surface area contributed by atoms with Gasteiger partial charge in [-0.25, -0.2) is 9.76 Å². The van der Waals surface area contributed by atoms with E-state index < -0.39 is 51.9 Å². The molecule has 0 saturated carbocycles. The van der Waals surface area contributed by atoms with Crippen molar-refractivity contribution in [1.29, 1.82) is 0 Å². The summed E-state index contributed by atoms with van der Waals surface area (Å²) < 4.78 is 93.2. The van der Waals surface area contributed by atoms with Crippen LogP contribution in [-0.4, -0.2) is 42.4 Å². The molecule has 84 valence electrons. The van der Waals surface area contributed by atoms with Gasteiger partial charge in [-0.3, -0.25) is 4.57 Å². The molecule has 1 atom stereocenters. The third kappa shape index (κ3) is 3.37. The summed E-state index contributed by atoms with van der Waals surface area (Å²) in [5.41, 5.74) is 0. The molecule has 0 spiro atoms. The topological polar surface area (TPSA) is 41.6 Å². The molecule has 1 unspecified atom stereocenters. The van der Waals surface area contributed by atoms with E-state index in [-0.39, 0.29) is 4.67 Å². The number of halogens is 2. The number of alkyl halides is 2. The van der Waals surface area contributed by atoms with Gasteiger partial charge in [0.15, 0.2) is 0 Å². The second-order valence-corrected chi connectivity index (χ2v) is 4.33. The summed E-state index contributed by atoms with van der Waals surface area (Å²) >= 11 is 10.7. The Bertz CT molecular complexity index is 522. The molecule has 0 aromatic carbocycles. The fourth-order valence-electron chi connectivity index (χ4n) is 0.704. The Labute approximate surface area is 108 Å². The maximum Gasteiger partial charge on any atom is 0.343 e. The third-order valence-electron chi connectivity index (χ3n) is 1.19. The fourth-order valence-corrected chi connectivity index (χ4v) is 2.23. The van der Waals surface area contributed by atoms with E-state index in [0.717, 1.165) is 0 Å². The summed E-state index contributed by atoms with van der Waals surface area (Å²) in [5.74, 6) is -4.31. The molecule has 1 N–H and O–H groups in total. The van der Waals surface area contributed by atoms with E-state index in [4.69, 9.17) is 36.9 Å². The van der Waals surface area contributed by atoms with Crippen LogP contribution in [0.15, 0.2) is 0 Å². The fraction of sp³-hybridized carbons (Fsp3) is 1.00. The van der Waals surface area contributed by atoms with E-state index in [1.54, 1.807) is 5.09 Å². The number of rotatable bonds is 5. The van der Waals surface area contributed by atoms with Gasteiger partial charge in [0.25, 0.3) is 0 Å². The molecule has 0 amide bonds. The van der Waals surface area contributed by atoms with Gasteiger partial charge in [0.1, 0.15) is 0 Å². The van der Waals surface area contributed by atoms with Gasteiger partial charge in [-0.1, -0.05) is 0 Å². The van der Waals surface area contributed by atoms with Crippen molar-refractivity contribution in [3.05, 3.63) is 0 Å². The lowest BCUT2D eigenvalue weighted by Crippen LogP contribution is -2.35. The molecule has 0 aromatic rings. The average Bonchev–Trinajstić information content (AvgIpc) is 2.20. The maximum atomic E-state index is 13.0. The minimum atomic E-state index is -5.15.